The van der Waals surface area contributed by atoms with E-state index in [2.05, 4.69) is 5.32 Å². The average Bonchev–Trinajstić information content (AvgIpc) is 3.40. The monoisotopic (exact) mass is 613 g/mol. The Bertz CT molecular complexity index is 1770. The van der Waals surface area contributed by atoms with Crippen LogP contribution in [0.3, 0.4) is 0 Å². The zero-order valence-corrected chi connectivity index (χ0v) is 22.9. The van der Waals surface area contributed by atoms with Gasteiger partial charge in [-0.15, -0.1) is 0 Å². The number of amides is 3. The third-order valence-corrected chi connectivity index (χ3v) is 9.67. The number of carbonyl (C=O) groups is 3. The standard InChI is InChI=1S/C29H19F4N3O4S2/c30-17-9-11-19(12-10-17)36-25(38)22-21(15-5-2-1-3-6-15)24-27(41-23(22)26(36)39)35(28(40)42-24)14-20(37)34-18-8-4-7-16(13-18)29(31,32)33/h1-13,21-23H,14H2,(H,34,37)/t21-,22?,23?/m1/s1. The minimum atomic E-state index is -4.60. The number of hydrogen-bond acceptors (Lipinski definition) is 6. The van der Waals surface area contributed by atoms with Crippen LogP contribution in [0.5, 0.6) is 0 Å². The highest BCUT2D eigenvalue weighted by Gasteiger charge is 2.56. The van der Waals surface area contributed by atoms with Gasteiger partial charge in [0.05, 0.1) is 22.2 Å². The second-order valence-corrected chi connectivity index (χ2v) is 11.8. The van der Waals surface area contributed by atoms with Gasteiger partial charge < -0.3 is 5.32 Å². The maximum absolute atomic E-state index is 13.8. The van der Waals surface area contributed by atoms with E-state index < -0.39 is 63.8 Å². The Hall–Kier alpha value is -4.23. The molecular weight excluding hydrogens is 594 g/mol. The van der Waals surface area contributed by atoms with E-state index >= 15 is 0 Å². The summed E-state index contributed by atoms with van der Waals surface area (Å²) in [5.41, 5.74) is -0.117. The lowest BCUT2D eigenvalue weighted by molar-refractivity contribution is -0.137. The first-order valence-corrected chi connectivity index (χ1v) is 14.3. The van der Waals surface area contributed by atoms with E-state index in [1.165, 1.54) is 22.8 Å². The predicted octanol–water partition coefficient (Wildman–Crippen LogP) is 5.50. The number of fused-ring (bicyclic) bond motifs is 2. The molecule has 3 aromatic carbocycles. The first-order valence-electron chi connectivity index (χ1n) is 12.6. The zero-order valence-electron chi connectivity index (χ0n) is 21.3. The van der Waals surface area contributed by atoms with Crippen molar-refractivity contribution in [2.24, 2.45) is 5.92 Å². The number of thiazole rings is 1. The molecule has 6 rings (SSSR count). The molecular formula is C29H19F4N3O4S2. The number of nitrogens with zero attached hydrogens (tertiary/aromatic N) is 2. The number of alkyl halides is 3. The minimum absolute atomic E-state index is 0.0895. The summed E-state index contributed by atoms with van der Waals surface area (Å²) in [5, 5.41) is 1.80. The Morgan fingerprint density at radius 3 is 2.31 bits per heavy atom. The molecule has 13 heteroatoms. The third kappa shape index (κ3) is 4.92. The van der Waals surface area contributed by atoms with Crippen LogP contribution < -0.4 is 15.1 Å². The number of benzene rings is 3. The number of carbonyl (C=O) groups excluding carboxylic acids is 3. The number of imide groups is 1. The fourth-order valence-corrected chi connectivity index (χ4v) is 8.01. The molecule has 0 spiro atoms. The van der Waals surface area contributed by atoms with E-state index in [1.807, 2.05) is 0 Å². The maximum atomic E-state index is 13.8. The third-order valence-electron chi connectivity index (χ3n) is 7.07. The van der Waals surface area contributed by atoms with Crippen LogP contribution in [0.25, 0.3) is 0 Å². The molecule has 2 unspecified atom stereocenters. The number of aromatic nitrogens is 1. The normalized spacial score (nSPS) is 19.9. The van der Waals surface area contributed by atoms with Crippen LogP contribution in [0, 0.1) is 11.7 Å². The van der Waals surface area contributed by atoms with Gasteiger partial charge in [0, 0.05) is 16.5 Å². The van der Waals surface area contributed by atoms with Crippen molar-refractivity contribution in [1.82, 2.24) is 4.57 Å². The highest BCUT2D eigenvalue weighted by Crippen LogP contribution is 2.53. The molecule has 1 aromatic heterocycles. The van der Waals surface area contributed by atoms with Crippen LogP contribution in [-0.2, 0) is 27.1 Å². The molecule has 214 valence electrons. The van der Waals surface area contributed by atoms with Crippen LogP contribution in [0.4, 0.5) is 28.9 Å². The summed E-state index contributed by atoms with van der Waals surface area (Å²) < 4.78 is 54.1. The van der Waals surface area contributed by atoms with Crippen LogP contribution in [0.1, 0.15) is 21.9 Å². The van der Waals surface area contributed by atoms with E-state index in [0.717, 1.165) is 58.3 Å². The van der Waals surface area contributed by atoms with Gasteiger partial charge in [-0.05, 0) is 48.0 Å². The van der Waals surface area contributed by atoms with Crippen molar-refractivity contribution < 1.29 is 31.9 Å². The molecule has 0 radical (unpaired) electrons. The fourth-order valence-electron chi connectivity index (χ4n) is 5.24. The summed E-state index contributed by atoms with van der Waals surface area (Å²) in [6.07, 6.45) is -4.60. The van der Waals surface area contributed by atoms with Crippen LogP contribution >= 0.6 is 23.1 Å². The van der Waals surface area contributed by atoms with Gasteiger partial charge in [-0.3, -0.25) is 23.7 Å². The number of nitrogens with one attached hydrogen (secondary N) is 1. The SMILES string of the molecule is O=C(Cn1c2c(sc1=O)[C@H](c1ccccc1)C1C(=O)N(c3ccc(F)cc3)C(=O)C1S2)Nc1cccc(C(F)(F)F)c1. The van der Waals surface area contributed by atoms with Crippen molar-refractivity contribution >= 4 is 52.2 Å². The molecule has 0 aliphatic carbocycles. The van der Waals surface area contributed by atoms with Gasteiger partial charge in [-0.2, -0.15) is 13.2 Å². The maximum Gasteiger partial charge on any atom is 0.416 e. The highest BCUT2D eigenvalue weighted by atomic mass is 32.2. The number of rotatable bonds is 5. The second-order valence-electron chi connectivity index (χ2n) is 9.69. The predicted molar refractivity (Wildman–Crippen MR) is 149 cm³/mol. The average molecular weight is 614 g/mol. The summed E-state index contributed by atoms with van der Waals surface area (Å²) >= 11 is 1.85. The van der Waals surface area contributed by atoms with Crippen LogP contribution in [0.15, 0.2) is 88.7 Å². The Labute approximate surface area is 243 Å². The smallest absolute Gasteiger partial charge is 0.325 e. The molecule has 0 saturated carbocycles. The van der Waals surface area contributed by atoms with Crippen molar-refractivity contribution in [3.05, 3.63) is 110 Å². The van der Waals surface area contributed by atoms with Gasteiger partial charge in [0.1, 0.15) is 17.6 Å². The molecule has 1 fully saturated rings. The molecule has 2 aliphatic heterocycles. The first kappa shape index (κ1) is 27.9. The fraction of sp³-hybridized carbons (Fsp3) is 0.172. The molecule has 0 bridgehead atoms. The van der Waals surface area contributed by atoms with E-state index in [1.54, 1.807) is 30.3 Å². The van der Waals surface area contributed by atoms with Gasteiger partial charge >= 0.3 is 11.0 Å². The molecule has 1 N–H and O–H groups in total. The summed E-state index contributed by atoms with van der Waals surface area (Å²) in [6.45, 7) is -0.517. The number of anilines is 2. The minimum Gasteiger partial charge on any atom is -0.325 e. The van der Waals surface area contributed by atoms with E-state index in [-0.39, 0.29) is 11.4 Å². The van der Waals surface area contributed by atoms with Crippen molar-refractivity contribution in [2.45, 2.75) is 28.9 Å². The number of halogens is 4. The lowest BCUT2D eigenvalue weighted by Crippen LogP contribution is -2.33. The van der Waals surface area contributed by atoms with E-state index in [9.17, 15) is 36.7 Å². The molecule has 4 aromatic rings. The topological polar surface area (TPSA) is 88.5 Å². The van der Waals surface area contributed by atoms with Gasteiger partial charge in [0.25, 0.3) is 0 Å². The molecule has 3 atom stereocenters. The van der Waals surface area contributed by atoms with Crippen molar-refractivity contribution in [3.8, 4) is 0 Å². The van der Waals surface area contributed by atoms with Gasteiger partial charge in [0.15, 0.2) is 0 Å². The molecule has 3 amide bonds. The lowest BCUT2D eigenvalue weighted by Gasteiger charge is -2.30. The number of thioether (sulfide) groups is 1. The van der Waals surface area contributed by atoms with Crippen molar-refractivity contribution in [2.75, 3.05) is 10.2 Å². The summed E-state index contributed by atoms with van der Waals surface area (Å²) in [4.78, 5) is 54.5. The summed E-state index contributed by atoms with van der Waals surface area (Å²) in [7, 11) is 0. The molecule has 3 heterocycles. The van der Waals surface area contributed by atoms with Gasteiger partial charge in [0.2, 0.25) is 17.7 Å². The summed E-state index contributed by atoms with van der Waals surface area (Å²) in [5.74, 6) is -3.84. The van der Waals surface area contributed by atoms with Gasteiger partial charge in [-0.1, -0.05) is 59.5 Å². The van der Waals surface area contributed by atoms with Crippen LogP contribution in [0.2, 0.25) is 0 Å². The molecule has 42 heavy (non-hydrogen) atoms. The Morgan fingerprint density at radius 1 is 0.905 bits per heavy atom. The Morgan fingerprint density at radius 2 is 1.62 bits per heavy atom. The van der Waals surface area contributed by atoms with E-state index in [4.69, 9.17) is 0 Å². The number of hydrogen-bond donors (Lipinski definition) is 1. The van der Waals surface area contributed by atoms with E-state index in [0.29, 0.717) is 15.5 Å². The van der Waals surface area contributed by atoms with Crippen LogP contribution in [-0.4, -0.2) is 27.5 Å². The quantitative estimate of drug-likeness (QED) is 0.237. The Kier molecular flexibility index (Phi) is 7.01. The lowest BCUT2D eigenvalue weighted by atomic mass is 9.83. The first-order chi connectivity index (χ1) is 20.0. The molecule has 2 aliphatic rings. The molecule has 7 nitrogen and oxygen atoms in total. The largest absolute Gasteiger partial charge is 0.416 e. The summed E-state index contributed by atoms with van der Waals surface area (Å²) in [6, 6.07) is 18.0. The second kappa shape index (κ2) is 10.6. The highest BCUT2D eigenvalue weighted by molar-refractivity contribution is 8.00. The zero-order chi connectivity index (χ0) is 29.8. The Balaban J connectivity index is 1.36. The van der Waals surface area contributed by atoms with Crippen molar-refractivity contribution in [3.63, 3.8) is 0 Å². The van der Waals surface area contributed by atoms with Crippen molar-refractivity contribution in [1.29, 1.82) is 0 Å². The van der Waals surface area contributed by atoms with Gasteiger partial charge in [-0.25, -0.2) is 9.29 Å². The molecule has 1 saturated heterocycles.